The van der Waals surface area contributed by atoms with E-state index >= 15 is 0 Å². The Kier molecular flexibility index (Phi) is 6.38. The maximum Gasteiger partial charge on any atom is 0.284 e. The van der Waals surface area contributed by atoms with Crippen LogP contribution in [0.4, 0.5) is 5.69 Å². The molecule has 1 N–H and O–H groups in total. The molecule has 1 amide bonds. The highest BCUT2D eigenvalue weighted by Crippen LogP contribution is 2.23. The normalized spacial score (nSPS) is 15.3. The molecule has 0 aliphatic carbocycles. The summed E-state index contributed by atoms with van der Waals surface area (Å²) in [5.41, 5.74) is 3.21. The number of rotatable bonds is 6. The molecule has 4 rings (SSSR count). The van der Waals surface area contributed by atoms with Gasteiger partial charge in [0.15, 0.2) is 0 Å². The fourth-order valence-corrected chi connectivity index (χ4v) is 5.28. The van der Waals surface area contributed by atoms with Crippen molar-refractivity contribution < 1.29 is 13.2 Å². The van der Waals surface area contributed by atoms with Crippen molar-refractivity contribution >= 4 is 38.8 Å². The van der Waals surface area contributed by atoms with E-state index in [0.717, 1.165) is 34.8 Å². The molecule has 0 radical (unpaired) electrons. The third kappa shape index (κ3) is 5.23. The summed E-state index contributed by atoms with van der Waals surface area (Å²) in [7, 11) is -2.00. The number of hydrogen-bond acceptors (Lipinski definition) is 5. The van der Waals surface area contributed by atoms with Crippen LogP contribution < -0.4 is 5.32 Å². The van der Waals surface area contributed by atoms with Crippen LogP contribution in [0, 0.1) is 6.92 Å². The molecular weight excluding hydrogens is 444 g/mol. The molecule has 0 saturated carbocycles. The van der Waals surface area contributed by atoms with Gasteiger partial charge in [-0.2, -0.15) is 8.42 Å². The van der Waals surface area contributed by atoms with Crippen LogP contribution in [0.2, 0.25) is 0 Å². The summed E-state index contributed by atoms with van der Waals surface area (Å²) in [6.45, 7) is 2.77. The number of likely N-dealkylation sites (tertiary alicyclic amines) is 1. The first-order chi connectivity index (χ1) is 15.3. The maximum atomic E-state index is 12.7. The molecule has 166 valence electrons. The van der Waals surface area contributed by atoms with E-state index in [2.05, 4.69) is 14.7 Å². The summed E-state index contributed by atoms with van der Waals surface area (Å²) in [5, 5.41) is 5.80. The smallest absolute Gasteiger partial charge is 0.284 e. The number of carbonyl (C=O) groups excluding carboxylic acids is 1. The lowest BCUT2D eigenvalue weighted by molar-refractivity contribution is -0.115. The number of aryl methyl sites for hydroxylation is 1. The number of amides is 1. The van der Waals surface area contributed by atoms with E-state index in [9.17, 15) is 13.2 Å². The second-order valence-corrected chi connectivity index (χ2v) is 10.4. The van der Waals surface area contributed by atoms with Gasteiger partial charge in [0.2, 0.25) is 5.91 Å². The molecule has 0 bridgehead atoms. The van der Waals surface area contributed by atoms with Gasteiger partial charge in [0, 0.05) is 36.6 Å². The van der Waals surface area contributed by atoms with Gasteiger partial charge in [0.05, 0.1) is 22.0 Å². The van der Waals surface area contributed by atoms with Gasteiger partial charge in [-0.15, -0.1) is 15.7 Å². The molecule has 1 aliphatic heterocycles. The number of nitrogens with zero attached hydrogens (tertiary/aromatic N) is 3. The van der Waals surface area contributed by atoms with Crippen molar-refractivity contribution in [1.29, 1.82) is 0 Å². The zero-order valence-electron chi connectivity index (χ0n) is 17.9. The van der Waals surface area contributed by atoms with Crippen molar-refractivity contribution in [3.8, 4) is 11.3 Å². The Hall–Kier alpha value is -3.04. The molecule has 2 aromatic carbocycles. The van der Waals surface area contributed by atoms with E-state index < -0.39 is 10.0 Å². The highest BCUT2D eigenvalue weighted by Gasteiger charge is 2.20. The molecule has 2 heterocycles. The molecule has 1 aromatic heterocycles. The number of carbonyl (C=O) groups is 1. The highest BCUT2D eigenvalue weighted by atomic mass is 32.2. The number of amidine groups is 1. The van der Waals surface area contributed by atoms with Crippen LogP contribution in [0.5, 0.6) is 0 Å². The molecular formula is C23H24N4O3S2. The van der Waals surface area contributed by atoms with E-state index in [1.807, 2.05) is 48.5 Å². The lowest BCUT2D eigenvalue weighted by Crippen LogP contribution is -2.20. The second kappa shape index (κ2) is 9.22. The van der Waals surface area contributed by atoms with Crippen molar-refractivity contribution in [2.45, 2.75) is 31.1 Å². The average Bonchev–Trinajstić information content (AvgIpc) is 3.36. The molecule has 1 saturated heterocycles. The molecule has 0 spiro atoms. The van der Waals surface area contributed by atoms with E-state index in [1.165, 1.54) is 12.1 Å². The van der Waals surface area contributed by atoms with E-state index in [1.54, 1.807) is 23.5 Å². The summed E-state index contributed by atoms with van der Waals surface area (Å²) in [6, 6.07) is 13.9. The Morgan fingerprint density at radius 1 is 1.22 bits per heavy atom. The molecule has 1 aliphatic rings. The molecule has 0 unspecified atom stereocenters. The Labute approximate surface area is 191 Å². The standard InChI is InChI=1S/C23H24N4O3S2/c1-16-24-21(15-31-16)18-10-8-17(9-11-18)13-23(28)25-19-5-3-6-20(14-19)32(29,30)26-22-7-4-12-27(22)2/h3,5-6,8-11,14-15H,4,7,12-13H2,1-2H3,(H,25,28)/b26-22+. The predicted octanol–water partition coefficient (Wildman–Crippen LogP) is 4.11. The lowest BCUT2D eigenvalue weighted by atomic mass is 10.1. The molecule has 32 heavy (non-hydrogen) atoms. The summed E-state index contributed by atoms with van der Waals surface area (Å²) in [6.07, 6.45) is 1.72. The summed E-state index contributed by atoms with van der Waals surface area (Å²) in [5.74, 6) is 0.342. The van der Waals surface area contributed by atoms with Crippen LogP contribution >= 0.6 is 11.3 Å². The van der Waals surface area contributed by atoms with Gasteiger partial charge in [0.25, 0.3) is 10.0 Å². The monoisotopic (exact) mass is 468 g/mol. The minimum Gasteiger partial charge on any atom is -0.362 e. The number of thiazole rings is 1. The Bertz CT molecular complexity index is 1260. The minimum atomic E-state index is -3.83. The third-order valence-electron chi connectivity index (χ3n) is 5.21. The van der Waals surface area contributed by atoms with E-state index in [-0.39, 0.29) is 17.2 Å². The summed E-state index contributed by atoms with van der Waals surface area (Å²) < 4.78 is 29.3. The van der Waals surface area contributed by atoms with Crippen LogP contribution in [0.15, 0.2) is 63.2 Å². The Morgan fingerprint density at radius 2 is 2.00 bits per heavy atom. The maximum absolute atomic E-state index is 12.7. The first kappa shape index (κ1) is 22.2. The first-order valence-electron chi connectivity index (χ1n) is 10.3. The minimum absolute atomic E-state index is 0.0611. The number of aromatic nitrogens is 1. The fourth-order valence-electron chi connectivity index (χ4n) is 3.52. The van der Waals surface area contributed by atoms with Crippen LogP contribution in [-0.4, -0.2) is 43.6 Å². The van der Waals surface area contributed by atoms with Crippen LogP contribution in [0.1, 0.15) is 23.4 Å². The number of sulfonamides is 1. The van der Waals surface area contributed by atoms with Crippen LogP contribution in [0.3, 0.4) is 0 Å². The topological polar surface area (TPSA) is 91.7 Å². The first-order valence-corrected chi connectivity index (χ1v) is 12.6. The third-order valence-corrected chi connectivity index (χ3v) is 7.28. The van der Waals surface area contributed by atoms with Crippen molar-refractivity contribution in [2.75, 3.05) is 18.9 Å². The molecule has 1 fully saturated rings. The van der Waals surface area contributed by atoms with E-state index in [4.69, 9.17) is 0 Å². The van der Waals surface area contributed by atoms with E-state index in [0.29, 0.717) is 17.9 Å². The van der Waals surface area contributed by atoms with Gasteiger partial charge in [-0.05, 0) is 37.1 Å². The van der Waals surface area contributed by atoms with Crippen molar-refractivity contribution in [3.63, 3.8) is 0 Å². The Balaban J connectivity index is 1.43. The van der Waals surface area contributed by atoms with Crippen molar-refractivity contribution in [2.24, 2.45) is 4.40 Å². The largest absolute Gasteiger partial charge is 0.362 e. The van der Waals surface area contributed by atoms with Crippen LogP contribution in [-0.2, 0) is 21.2 Å². The zero-order chi connectivity index (χ0) is 22.7. The zero-order valence-corrected chi connectivity index (χ0v) is 19.5. The van der Waals surface area contributed by atoms with Crippen molar-refractivity contribution in [3.05, 3.63) is 64.5 Å². The van der Waals surface area contributed by atoms with Gasteiger partial charge < -0.3 is 10.2 Å². The molecule has 3 aromatic rings. The Morgan fingerprint density at radius 3 is 2.66 bits per heavy atom. The molecule has 0 atom stereocenters. The number of nitrogens with one attached hydrogen (secondary N) is 1. The van der Waals surface area contributed by atoms with Gasteiger partial charge in [-0.3, -0.25) is 4.79 Å². The van der Waals surface area contributed by atoms with Gasteiger partial charge >= 0.3 is 0 Å². The summed E-state index contributed by atoms with van der Waals surface area (Å²) >= 11 is 1.60. The number of benzene rings is 2. The average molecular weight is 469 g/mol. The predicted molar refractivity (Wildman–Crippen MR) is 128 cm³/mol. The number of anilines is 1. The van der Waals surface area contributed by atoms with Crippen molar-refractivity contribution in [1.82, 2.24) is 9.88 Å². The highest BCUT2D eigenvalue weighted by molar-refractivity contribution is 7.90. The van der Waals surface area contributed by atoms with Gasteiger partial charge in [-0.1, -0.05) is 30.3 Å². The lowest BCUT2D eigenvalue weighted by Gasteiger charge is -2.11. The summed E-state index contributed by atoms with van der Waals surface area (Å²) in [4.78, 5) is 18.9. The van der Waals surface area contributed by atoms with Gasteiger partial charge in [-0.25, -0.2) is 4.98 Å². The SMILES string of the molecule is Cc1nc(-c2ccc(CC(=O)Nc3cccc(S(=O)(=O)/N=C4\CCCN4C)c3)cc2)cs1. The number of hydrogen-bond donors (Lipinski definition) is 1. The quantitative estimate of drug-likeness (QED) is 0.588. The molecule has 9 heteroatoms. The molecule has 7 nitrogen and oxygen atoms in total. The van der Waals surface area contributed by atoms with Gasteiger partial charge in [0.1, 0.15) is 5.84 Å². The second-order valence-electron chi connectivity index (χ2n) is 7.71. The fraction of sp³-hybridized carbons (Fsp3) is 0.261. The van der Waals surface area contributed by atoms with Crippen LogP contribution in [0.25, 0.3) is 11.3 Å².